The Hall–Kier alpha value is -3.71. The third kappa shape index (κ3) is 4.33. The number of benzene rings is 2. The van der Waals surface area contributed by atoms with E-state index in [1.165, 1.54) is 11.1 Å². The molecule has 3 heterocycles. The molecule has 0 spiro atoms. The summed E-state index contributed by atoms with van der Waals surface area (Å²) in [5.41, 5.74) is 4.94. The molecule has 162 valence electrons. The van der Waals surface area contributed by atoms with Crippen LogP contribution in [-0.4, -0.2) is 33.9 Å². The monoisotopic (exact) mass is 426 g/mol. The second-order valence-corrected chi connectivity index (χ2v) is 8.05. The zero-order valence-electron chi connectivity index (χ0n) is 17.8. The highest BCUT2D eigenvalue weighted by Crippen LogP contribution is 2.32. The lowest BCUT2D eigenvalue weighted by Crippen LogP contribution is -2.28. The second kappa shape index (κ2) is 9.20. The van der Waals surface area contributed by atoms with Gasteiger partial charge in [0, 0.05) is 35.9 Å². The van der Waals surface area contributed by atoms with Crippen molar-refractivity contribution >= 4 is 22.6 Å². The first-order chi connectivity index (χ1) is 15.8. The summed E-state index contributed by atoms with van der Waals surface area (Å²) < 4.78 is 2.01. The number of piperidine rings is 1. The Kier molecular flexibility index (Phi) is 5.81. The molecule has 7 heteroatoms. The smallest absolute Gasteiger partial charge is 0.319 e. The molecule has 0 radical (unpaired) electrons. The summed E-state index contributed by atoms with van der Waals surface area (Å²) in [5, 5.41) is 15.4. The van der Waals surface area contributed by atoms with E-state index in [2.05, 4.69) is 45.2 Å². The number of pyridine rings is 1. The van der Waals surface area contributed by atoms with Crippen LogP contribution in [0.4, 0.5) is 10.5 Å². The number of anilines is 1. The largest absolute Gasteiger partial charge is 0.334 e. The van der Waals surface area contributed by atoms with Crippen molar-refractivity contribution in [3.05, 3.63) is 84.3 Å². The summed E-state index contributed by atoms with van der Waals surface area (Å²) in [5.74, 6) is 0.479. The molecule has 2 aromatic heterocycles. The Morgan fingerprint density at radius 2 is 1.84 bits per heavy atom. The van der Waals surface area contributed by atoms with E-state index in [-0.39, 0.29) is 6.03 Å². The average Bonchev–Trinajstić information content (AvgIpc) is 3.24. The van der Waals surface area contributed by atoms with E-state index in [0.29, 0.717) is 12.5 Å². The van der Waals surface area contributed by atoms with Crippen molar-refractivity contribution in [2.45, 2.75) is 25.3 Å². The molecular weight excluding hydrogens is 400 g/mol. The number of fused-ring (bicyclic) bond motifs is 1. The van der Waals surface area contributed by atoms with Crippen molar-refractivity contribution in [2.24, 2.45) is 0 Å². The van der Waals surface area contributed by atoms with Crippen molar-refractivity contribution < 1.29 is 4.79 Å². The maximum Gasteiger partial charge on any atom is 0.319 e. The Morgan fingerprint density at radius 1 is 1.03 bits per heavy atom. The van der Waals surface area contributed by atoms with Gasteiger partial charge in [-0.05, 0) is 67.9 Å². The normalized spacial score (nSPS) is 14.4. The summed E-state index contributed by atoms with van der Waals surface area (Å²) in [6.07, 6.45) is 5.67. The Morgan fingerprint density at radius 3 is 2.62 bits per heavy atom. The Balaban J connectivity index is 1.32. The molecule has 1 saturated heterocycles. The van der Waals surface area contributed by atoms with E-state index in [1.807, 2.05) is 41.1 Å². The van der Waals surface area contributed by atoms with Crippen LogP contribution >= 0.6 is 0 Å². The molecule has 4 aromatic rings. The summed E-state index contributed by atoms with van der Waals surface area (Å²) in [6.45, 7) is 2.50. The van der Waals surface area contributed by atoms with Crippen molar-refractivity contribution in [3.8, 4) is 5.69 Å². The van der Waals surface area contributed by atoms with Crippen LogP contribution < -0.4 is 16.0 Å². The Labute approximate surface area is 186 Å². The number of hydrogen-bond acceptors (Lipinski definition) is 4. The van der Waals surface area contributed by atoms with Crippen molar-refractivity contribution in [3.63, 3.8) is 0 Å². The number of carbonyl (C=O) groups is 1. The molecule has 2 amide bonds. The van der Waals surface area contributed by atoms with Gasteiger partial charge in [-0.1, -0.05) is 24.3 Å². The number of carbonyl (C=O) groups excluding carboxylic acids is 1. The quantitative estimate of drug-likeness (QED) is 0.446. The third-order valence-corrected chi connectivity index (χ3v) is 5.89. The van der Waals surface area contributed by atoms with Crippen LogP contribution in [0.25, 0.3) is 16.6 Å². The molecule has 0 unspecified atom stereocenters. The topological polar surface area (TPSA) is 83.9 Å². The number of amides is 2. The predicted octanol–water partition coefficient (Wildman–Crippen LogP) is 4.21. The minimum absolute atomic E-state index is 0.251. The lowest BCUT2D eigenvalue weighted by Gasteiger charge is -2.21. The van der Waals surface area contributed by atoms with E-state index < -0.39 is 0 Å². The zero-order chi connectivity index (χ0) is 21.8. The molecule has 1 aliphatic rings. The fourth-order valence-electron chi connectivity index (χ4n) is 4.23. The van der Waals surface area contributed by atoms with Crippen molar-refractivity contribution in [2.75, 3.05) is 18.4 Å². The summed E-state index contributed by atoms with van der Waals surface area (Å²) in [4.78, 5) is 16.3. The molecule has 32 heavy (non-hydrogen) atoms. The Bertz CT molecular complexity index is 1200. The highest BCUT2D eigenvalue weighted by molar-refractivity contribution is 5.89. The van der Waals surface area contributed by atoms with Gasteiger partial charge in [0.1, 0.15) is 0 Å². The first-order valence-corrected chi connectivity index (χ1v) is 11.0. The van der Waals surface area contributed by atoms with Gasteiger partial charge in [0.2, 0.25) is 0 Å². The van der Waals surface area contributed by atoms with E-state index in [1.54, 1.807) is 12.4 Å². The lowest BCUT2D eigenvalue weighted by atomic mass is 9.93. The van der Waals surface area contributed by atoms with E-state index in [4.69, 9.17) is 5.10 Å². The molecule has 5 rings (SSSR count). The van der Waals surface area contributed by atoms with Gasteiger partial charge in [-0.3, -0.25) is 4.98 Å². The van der Waals surface area contributed by atoms with Gasteiger partial charge in [0.15, 0.2) is 0 Å². The molecular formula is C25H26N6O. The van der Waals surface area contributed by atoms with Gasteiger partial charge in [0.25, 0.3) is 0 Å². The summed E-state index contributed by atoms with van der Waals surface area (Å²) >= 11 is 0. The summed E-state index contributed by atoms with van der Waals surface area (Å²) in [6, 6.07) is 19.7. The van der Waals surface area contributed by atoms with Gasteiger partial charge in [-0.25, -0.2) is 9.48 Å². The number of rotatable bonds is 5. The molecule has 0 aliphatic carbocycles. The molecule has 0 atom stereocenters. The SMILES string of the molecule is O=C(NCc1cccnc1)Nc1ccc(-n2nc(C3CCNCC3)c3ccccc32)cc1. The van der Waals surface area contributed by atoms with Crippen molar-refractivity contribution in [1.82, 2.24) is 25.4 Å². The number of aromatic nitrogens is 3. The maximum absolute atomic E-state index is 12.2. The average molecular weight is 427 g/mol. The van der Waals surface area contributed by atoms with Crippen LogP contribution in [0.3, 0.4) is 0 Å². The number of para-hydroxylation sites is 1. The number of urea groups is 1. The minimum Gasteiger partial charge on any atom is -0.334 e. The highest BCUT2D eigenvalue weighted by Gasteiger charge is 2.22. The predicted molar refractivity (Wildman–Crippen MR) is 126 cm³/mol. The zero-order valence-corrected chi connectivity index (χ0v) is 17.8. The molecule has 2 aromatic carbocycles. The van der Waals surface area contributed by atoms with Gasteiger partial charge in [-0.15, -0.1) is 0 Å². The summed E-state index contributed by atoms with van der Waals surface area (Å²) in [7, 11) is 0. The molecule has 7 nitrogen and oxygen atoms in total. The fraction of sp³-hybridized carbons (Fsp3) is 0.240. The molecule has 3 N–H and O–H groups in total. The molecule has 0 saturated carbocycles. The third-order valence-electron chi connectivity index (χ3n) is 5.89. The second-order valence-electron chi connectivity index (χ2n) is 8.05. The molecule has 0 bridgehead atoms. The van der Waals surface area contributed by atoms with Crippen LogP contribution in [0, 0.1) is 0 Å². The van der Waals surface area contributed by atoms with Crippen LogP contribution in [0.5, 0.6) is 0 Å². The number of nitrogens with zero attached hydrogens (tertiary/aromatic N) is 3. The molecule has 1 fully saturated rings. The first-order valence-electron chi connectivity index (χ1n) is 11.0. The van der Waals surface area contributed by atoms with Gasteiger partial charge < -0.3 is 16.0 Å². The van der Waals surface area contributed by atoms with Crippen LogP contribution in [0.1, 0.15) is 30.0 Å². The van der Waals surface area contributed by atoms with Gasteiger partial charge in [-0.2, -0.15) is 5.10 Å². The standard InChI is InChI=1S/C25H26N6O/c32-25(28-17-18-4-3-13-27-16-18)29-20-7-9-21(10-8-20)31-23-6-2-1-5-22(23)24(30-31)19-11-14-26-15-12-19/h1-10,13,16,19,26H,11-12,14-15,17H2,(H2,28,29,32). The van der Waals surface area contributed by atoms with Crippen LogP contribution in [0.2, 0.25) is 0 Å². The number of nitrogens with one attached hydrogen (secondary N) is 3. The van der Waals surface area contributed by atoms with E-state index in [9.17, 15) is 4.79 Å². The van der Waals surface area contributed by atoms with E-state index >= 15 is 0 Å². The van der Waals surface area contributed by atoms with Crippen molar-refractivity contribution in [1.29, 1.82) is 0 Å². The fourth-order valence-corrected chi connectivity index (χ4v) is 4.23. The van der Waals surface area contributed by atoms with Crippen LogP contribution in [0.15, 0.2) is 73.1 Å². The first kappa shape index (κ1) is 20.2. The van der Waals surface area contributed by atoms with Gasteiger partial charge in [0.05, 0.1) is 16.9 Å². The highest BCUT2D eigenvalue weighted by atomic mass is 16.2. The van der Waals surface area contributed by atoms with E-state index in [0.717, 1.165) is 48.4 Å². The van der Waals surface area contributed by atoms with Gasteiger partial charge >= 0.3 is 6.03 Å². The van der Waals surface area contributed by atoms with Crippen LogP contribution in [-0.2, 0) is 6.54 Å². The maximum atomic E-state index is 12.2. The number of hydrogen-bond donors (Lipinski definition) is 3. The minimum atomic E-state index is -0.251. The molecule has 1 aliphatic heterocycles. The lowest BCUT2D eigenvalue weighted by molar-refractivity contribution is 0.251.